The van der Waals surface area contributed by atoms with E-state index in [1.807, 2.05) is 18.3 Å². The zero-order valence-electron chi connectivity index (χ0n) is 14.7. The van der Waals surface area contributed by atoms with Gasteiger partial charge in [-0.3, -0.25) is 0 Å². The fraction of sp³-hybridized carbons (Fsp3) is 0.350. The van der Waals surface area contributed by atoms with Gasteiger partial charge in [-0.1, -0.05) is 30.3 Å². The second-order valence-electron chi connectivity index (χ2n) is 6.68. The normalized spacial score (nSPS) is 17.2. The van der Waals surface area contributed by atoms with Crippen molar-refractivity contribution in [3.05, 3.63) is 71.2 Å². The molecule has 1 aliphatic heterocycles. The molecular formula is C20H23N5. The van der Waals surface area contributed by atoms with Gasteiger partial charge in [0.15, 0.2) is 0 Å². The van der Waals surface area contributed by atoms with Crippen LogP contribution in [-0.4, -0.2) is 26.5 Å². The lowest BCUT2D eigenvalue weighted by Crippen LogP contribution is -2.25. The molecular weight excluding hydrogens is 310 g/mol. The third-order valence-corrected chi connectivity index (χ3v) is 4.90. The Bertz CT molecular complexity index is 836. The van der Waals surface area contributed by atoms with E-state index in [0.29, 0.717) is 0 Å². The van der Waals surface area contributed by atoms with Gasteiger partial charge in [-0.05, 0) is 38.3 Å². The summed E-state index contributed by atoms with van der Waals surface area (Å²) < 4.78 is 0. The average Bonchev–Trinajstić information content (AvgIpc) is 3.23. The van der Waals surface area contributed by atoms with E-state index in [1.54, 1.807) is 0 Å². The number of anilines is 1. The van der Waals surface area contributed by atoms with Crippen LogP contribution in [0.5, 0.6) is 0 Å². The maximum atomic E-state index is 4.83. The van der Waals surface area contributed by atoms with Crippen LogP contribution < -0.4 is 4.90 Å². The number of aromatic amines is 1. The van der Waals surface area contributed by atoms with E-state index >= 15 is 0 Å². The van der Waals surface area contributed by atoms with Gasteiger partial charge in [0.2, 0.25) is 0 Å². The number of imidazole rings is 1. The van der Waals surface area contributed by atoms with Crippen molar-refractivity contribution in [1.29, 1.82) is 0 Å². The van der Waals surface area contributed by atoms with Crippen LogP contribution in [0.3, 0.4) is 0 Å². The number of nitrogens with one attached hydrogen (secondary N) is 1. The van der Waals surface area contributed by atoms with Gasteiger partial charge in [-0.15, -0.1) is 0 Å². The second-order valence-corrected chi connectivity index (χ2v) is 6.68. The van der Waals surface area contributed by atoms with Gasteiger partial charge in [0.1, 0.15) is 17.5 Å². The summed E-state index contributed by atoms with van der Waals surface area (Å²) in [6.45, 7) is 5.14. The number of aryl methyl sites for hydroxylation is 2. The first-order valence-electron chi connectivity index (χ1n) is 8.86. The van der Waals surface area contributed by atoms with E-state index in [9.17, 15) is 0 Å². The van der Waals surface area contributed by atoms with E-state index in [0.717, 1.165) is 54.7 Å². The van der Waals surface area contributed by atoms with Crippen LogP contribution in [0.15, 0.2) is 42.6 Å². The molecule has 1 aromatic carbocycles. The summed E-state index contributed by atoms with van der Waals surface area (Å²) in [4.78, 5) is 19.8. The number of hydrogen-bond acceptors (Lipinski definition) is 4. The van der Waals surface area contributed by atoms with Crippen molar-refractivity contribution in [3.63, 3.8) is 0 Å². The summed E-state index contributed by atoms with van der Waals surface area (Å²) in [6, 6.07) is 12.6. The van der Waals surface area contributed by atoms with Crippen molar-refractivity contribution < 1.29 is 0 Å². The first-order chi connectivity index (χ1) is 12.2. The zero-order valence-corrected chi connectivity index (χ0v) is 14.7. The van der Waals surface area contributed by atoms with Crippen LogP contribution in [0, 0.1) is 13.8 Å². The summed E-state index contributed by atoms with van der Waals surface area (Å²) >= 11 is 0. The Morgan fingerprint density at radius 2 is 1.96 bits per heavy atom. The van der Waals surface area contributed by atoms with Gasteiger partial charge >= 0.3 is 0 Å². The fourth-order valence-corrected chi connectivity index (χ4v) is 3.47. The predicted molar refractivity (Wildman–Crippen MR) is 98.7 cm³/mol. The Hall–Kier alpha value is -2.69. The number of rotatable bonds is 4. The van der Waals surface area contributed by atoms with Crippen molar-refractivity contribution >= 4 is 5.82 Å². The minimum absolute atomic E-state index is 0.270. The van der Waals surface area contributed by atoms with Crippen molar-refractivity contribution in [3.8, 4) is 0 Å². The smallest absolute Gasteiger partial charge is 0.135 e. The highest BCUT2D eigenvalue weighted by atomic mass is 15.3. The molecule has 3 heterocycles. The summed E-state index contributed by atoms with van der Waals surface area (Å²) in [5.74, 6) is 2.91. The average molecular weight is 333 g/mol. The number of hydrogen-bond donors (Lipinski definition) is 1. The fourth-order valence-electron chi connectivity index (χ4n) is 3.47. The van der Waals surface area contributed by atoms with Gasteiger partial charge < -0.3 is 9.88 Å². The summed E-state index contributed by atoms with van der Waals surface area (Å²) in [6.07, 6.45) is 4.88. The highest BCUT2D eigenvalue weighted by molar-refractivity contribution is 5.42. The topological polar surface area (TPSA) is 57.7 Å². The molecule has 2 aromatic heterocycles. The third-order valence-electron chi connectivity index (χ3n) is 4.90. The van der Waals surface area contributed by atoms with Crippen LogP contribution in [0.4, 0.5) is 5.82 Å². The van der Waals surface area contributed by atoms with Gasteiger partial charge in [0.25, 0.3) is 0 Å². The van der Waals surface area contributed by atoms with Crippen LogP contribution in [0.25, 0.3) is 0 Å². The van der Waals surface area contributed by atoms with E-state index in [4.69, 9.17) is 9.97 Å². The number of H-pyrrole nitrogens is 1. The molecule has 0 spiro atoms. The molecule has 128 valence electrons. The van der Waals surface area contributed by atoms with Crippen LogP contribution in [-0.2, 0) is 6.42 Å². The summed E-state index contributed by atoms with van der Waals surface area (Å²) in [7, 11) is 0. The molecule has 1 saturated heterocycles. The molecule has 3 aromatic rings. The van der Waals surface area contributed by atoms with E-state index in [2.05, 4.69) is 53.0 Å². The highest BCUT2D eigenvalue weighted by Gasteiger charge is 2.29. The van der Waals surface area contributed by atoms with Crippen LogP contribution >= 0.6 is 0 Å². The molecule has 1 N–H and O–H groups in total. The standard InChI is InChI=1S/C20H23N5/c1-14-15(2)23-20(22-14)17-9-6-12-25(17)19-10-11-21-18(24-19)13-16-7-4-3-5-8-16/h3-5,7-8,10-11,17H,6,9,12-13H2,1-2H3,(H,22,23)/t17-/m0/s1. The zero-order chi connectivity index (χ0) is 17.2. The molecule has 4 rings (SSSR count). The van der Waals surface area contributed by atoms with Gasteiger partial charge in [0, 0.05) is 24.9 Å². The van der Waals surface area contributed by atoms with Crippen LogP contribution in [0.2, 0.25) is 0 Å². The van der Waals surface area contributed by atoms with Crippen molar-refractivity contribution in [1.82, 2.24) is 19.9 Å². The molecule has 5 heteroatoms. The molecule has 5 nitrogen and oxygen atoms in total. The largest absolute Gasteiger partial charge is 0.346 e. The molecule has 25 heavy (non-hydrogen) atoms. The molecule has 0 amide bonds. The van der Waals surface area contributed by atoms with Crippen molar-refractivity contribution in [2.45, 2.75) is 39.2 Å². The molecule has 1 atom stereocenters. The Labute approximate surface area is 148 Å². The monoisotopic (exact) mass is 333 g/mol. The summed E-state index contributed by atoms with van der Waals surface area (Å²) in [5.41, 5.74) is 3.46. The Kier molecular flexibility index (Phi) is 4.22. The molecule has 0 bridgehead atoms. The Balaban J connectivity index is 1.59. The molecule has 0 unspecified atom stereocenters. The lowest BCUT2D eigenvalue weighted by molar-refractivity contribution is 0.665. The van der Waals surface area contributed by atoms with Gasteiger partial charge in [-0.25, -0.2) is 15.0 Å². The molecule has 1 fully saturated rings. The summed E-state index contributed by atoms with van der Waals surface area (Å²) in [5, 5.41) is 0. The molecule has 0 aliphatic carbocycles. The van der Waals surface area contributed by atoms with Gasteiger partial charge in [-0.2, -0.15) is 0 Å². The van der Waals surface area contributed by atoms with E-state index in [1.165, 1.54) is 5.56 Å². The third kappa shape index (κ3) is 3.27. The predicted octanol–water partition coefficient (Wildman–Crippen LogP) is 3.75. The molecule has 1 aliphatic rings. The maximum Gasteiger partial charge on any atom is 0.135 e. The van der Waals surface area contributed by atoms with Crippen molar-refractivity contribution in [2.75, 3.05) is 11.4 Å². The van der Waals surface area contributed by atoms with Crippen molar-refractivity contribution in [2.24, 2.45) is 0 Å². The highest BCUT2D eigenvalue weighted by Crippen LogP contribution is 2.34. The second kappa shape index (κ2) is 6.67. The quantitative estimate of drug-likeness (QED) is 0.790. The lowest BCUT2D eigenvalue weighted by atomic mass is 10.1. The molecule has 0 radical (unpaired) electrons. The van der Waals surface area contributed by atoms with E-state index < -0.39 is 0 Å². The Morgan fingerprint density at radius 3 is 2.72 bits per heavy atom. The lowest BCUT2D eigenvalue weighted by Gasteiger charge is -2.24. The molecule has 0 saturated carbocycles. The first-order valence-corrected chi connectivity index (χ1v) is 8.86. The Morgan fingerprint density at radius 1 is 1.12 bits per heavy atom. The maximum absolute atomic E-state index is 4.83. The van der Waals surface area contributed by atoms with Crippen LogP contribution in [0.1, 0.15) is 47.5 Å². The van der Waals surface area contributed by atoms with E-state index in [-0.39, 0.29) is 6.04 Å². The minimum atomic E-state index is 0.270. The SMILES string of the molecule is Cc1nc([C@@H]2CCCN2c2ccnc(Cc3ccccc3)n2)[nH]c1C. The number of aromatic nitrogens is 4. The van der Waals surface area contributed by atoms with Gasteiger partial charge in [0.05, 0.1) is 11.7 Å². The number of nitrogens with zero attached hydrogens (tertiary/aromatic N) is 4. The number of benzene rings is 1. The first kappa shape index (κ1) is 15.8. The minimum Gasteiger partial charge on any atom is -0.346 e.